The van der Waals surface area contributed by atoms with Crippen molar-refractivity contribution in [2.24, 2.45) is 0 Å². The van der Waals surface area contributed by atoms with Crippen LogP contribution in [0.25, 0.3) is 22.2 Å². The first-order valence-corrected chi connectivity index (χ1v) is 15.5. The molecule has 2 aromatic carbocycles. The van der Waals surface area contributed by atoms with Crippen LogP contribution in [0.5, 0.6) is 5.75 Å². The number of allylic oxidation sites excluding steroid dienone is 2. The average molecular weight is 620 g/mol. The summed E-state index contributed by atoms with van der Waals surface area (Å²) in [6.07, 6.45) is 6.76. The lowest BCUT2D eigenvalue weighted by atomic mass is 9.93. The third-order valence-corrected chi connectivity index (χ3v) is 7.73. The highest BCUT2D eigenvalue weighted by Gasteiger charge is 2.22. The predicted octanol–water partition coefficient (Wildman–Crippen LogP) is 7.59. The highest BCUT2D eigenvalue weighted by molar-refractivity contribution is 6.07. The SMILES string of the molecule is CC(C)=CCn1c(=O)c(NC(=O)Nc2c(C(C)C)cccc2C(C)C)c(-c2cccc(OCCn3cncn3)c2)c2cccnc21. The molecule has 3 heterocycles. The molecule has 0 spiro atoms. The van der Waals surface area contributed by atoms with Crippen LogP contribution in [0.4, 0.5) is 16.2 Å². The average Bonchev–Trinajstić information content (AvgIpc) is 3.54. The number of carbonyl (C=O) groups is 1. The van der Waals surface area contributed by atoms with Gasteiger partial charge in [-0.3, -0.25) is 9.36 Å². The van der Waals surface area contributed by atoms with Gasteiger partial charge in [0.2, 0.25) is 0 Å². The molecular weight excluding hydrogens is 578 g/mol. The number of benzene rings is 2. The zero-order valence-electron chi connectivity index (χ0n) is 27.2. The van der Waals surface area contributed by atoms with Crippen molar-refractivity contribution in [2.75, 3.05) is 17.2 Å². The molecule has 5 rings (SSSR count). The van der Waals surface area contributed by atoms with E-state index in [1.807, 2.05) is 74.5 Å². The summed E-state index contributed by atoms with van der Waals surface area (Å²) >= 11 is 0. The summed E-state index contributed by atoms with van der Waals surface area (Å²) in [7, 11) is 0. The number of anilines is 2. The van der Waals surface area contributed by atoms with Crippen molar-refractivity contribution >= 4 is 28.4 Å². The highest BCUT2D eigenvalue weighted by Crippen LogP contribution is 2.36. The molecule has 46 heavy (non-hydrogen) atoms. The number of rotatable bonds is 11. The number of amides is 2. The van der Waals surface area contributed by atoms with E-state index in [9.17, 15) is 9.59 Å². The van der Waals surface area contributed by atoms with Crippen molar-refractivity contribution in [1.82, 2.24) is 24.3 Å². The minimum atomic E-state index is -0.495. The lowest BCUT2D eigenvalue weighted by molar-refractivity contribution is 0.262. The number of aromatic nitrogens is 5. The maximum absolute atomic E-state index is 14.3. The third-order valence-electron chi connectivity index (χ3n) is 7.73. The molecule has 0 saturated carbocycles. The van der Waals surface area contributed by atoms with Crippen molar-refractivity contribution in [3.05, 3.63) is 107 Å². The van der Waals surface area contributed by atoms with Gasteiger partial charge in [-0.25, -0.2) is 19.4 Å². The first-order chi connectivity index (χ1) is 22.1. The second-order valence-electron chi connectivity index (χ2n) is 12.1. The summed E-state index contributed by atoms with van der Waals surface area (Å²) in [5.41, 5.74) is 5.50. The standard InChI is InChI=1S/C36H41N7O3/c1-23(2)15-17-43-34-30(14-9-16-38-34)31(26-10-7-11-27(20-26)46-19-18-42-22-37-21-39-42)33(35(43)44)41-36(45)40-32-28(24(3)4)12-8-13-29(32)25(5)6/h7-16,20-22,24-25H,17-19H2,1-6H3,(H2,40,41,45). The van der Waals surface area contributed by atoms with Crippen molar-refractivity contribution in [1.29, 1.82) is 0 Å². The van der Waals surface area contributed by atoms with Crippen LogP contribution in [0.3, 0.4) is 0 Å². The molecule has 0 unspecified atom stereocenters. The number of hydrogen-bond acceptors (Lipinski definition) is 6. The van der Waals surface area contributed by atoms with Gasteiger partial charge in [0.1, 0.15) is 36.3 Å². The summed E-state index contributed by atoms with van der Waals surface area (Å²) < 4.78 is 9.34. The van der Waals surface area contributed by atoms with Crippen LogP contribution in [-0.2, 0) is 13.1 Å². The van der Waals surface area contributed by atoms with Gasteiger partial charge in [-0.1, -0.05) is 69.7 Å². The second kappa shape index (κ2) is 14.2. The van der Waals surface area contributed by atoms with Crippen molar-refractivity contribution in [2.45, 2.75) is 66.5 Å². The van der Waals surface area contributed by atoms with Gasteiger partial charge < -0.3 is 15.4 Å². The number of carbonyl (C=O) groups excluding carboxylic acids is 1. The lowest BCUT2D eigenvalue weighted by Crippen LogP contribution is -2.30. The van der Waals surface area contributed by atoms with E-state index in [1.54, 1.807) is 21.8 Å². The van der Waals surface area contributed by atoms with Gasteiger partial charge >= 0.3 is 6.03 Å². The number of urea groups is 1. The minimum Gasteiger partial charge on any atom is -0.492 e. The smallest absolute Gasteiger partial charge is 0.323 e. The zero-order valence-corrected chi connectivity index (χ0v) is 27.2. The molecule has 0 aliphatic carbocycles. The van der Waals surface area contributed by atoms with Crippen LogP contribution in [0.1, 0.15) is 64.5 Å². The Morgan fingerprint density at radius 3 is 2.35 bits per heavy atom. The normalized spacial score (nSPS) is 11.2. The molecule has 0 aliphatic rings. The molecule has 10 nitrogen and oxygen atoms in total. The lowest BCUT2D eigenvalue weighted by Gasteiger charge is -2.21. The zero-order chi connectivity index (χ0) is 32.8. The Morgan fingerprint density at radius 2 is 1.67 bits per heavy atom. The monoisotopic (exact) mass is 619 g/mol. The molecule has 3 aromatic heterocycles. The number of para-hydroxylation sites is 1. The van der Waals surface area contributed by atoms with Crippen molar-refractivity contribution in [3.63, 3.8) is 0 Å². The van der Waals surface area contributed by atoms with Crippen LogP contribution in [-0.4, -0.2) is 37.0 Å². The Bertz CT molecular complexity index is 1890. The van der Waals surface area contributed by atoms with Crippen LogP contribution >= 0.6 is 0 Å². The van der Waals surface area contributed by atoms with E-state index < -0.39 is 6.03 Å². The third kappa shape index (κ3) is 7.17. The topological polar surface area (TPSA) is 116 Å². The highest BCUT2D eigenvalue weighted by atomic mass is 16.5. The number of ether oxygens (including phenoxy) is 1. The largest absolute Gasteiger partial charge is 0.492 e. The fraction of sp³-hybridized carbons (Fsp3) is 0.306. The number of nitrogens with one attached hydrogen (secondary N) is 2. The van der Waals surface area contributed by atoms with Gasteiger partial charge in [-0.05, 0) is 66.6 Å². The fourth-order valence-corrected chi connectivity index (χ4v) is 5.44. The molecular formula is C36H41N7O3. The number of fused-ring (bicyclic) bond motifs is 1. The van der Waals surface area contributed by atoms with E-state index in [-0.39, 0.29) is 23.1 Å². The molecule has 0 aliphatic heterocycles. The summed E-state index contributed by atoms with van der Waals surface area (Å²) in [4.78, 5) is 36.8. The molecule has 238 valence electrons. The van der Waals surface area contributed by atoms with Gasteiger partial charge in [-0.15, -0.1) is 0 Å². The molecule has 0 fully saturated rings. The predicted molar refractivity (Wildman–Crippen MR) is 184 cm³/mol. The molecule has 10 heteroatoms. The van der Waals surface area contributed by atoms with E-state index in [0.717, 1.165) is 27.8 Å². The van der Waals surface area contributed by atoms with Crippen LogP contribution < -0.4 is 20.9 Å². The Hall–Kier alpha value is -5.25. The van der Waals surface area contributed by atoms with Gasteiger partial charge in [0, 0.05) is 29.4 Å². The van der Waals surface area contributed by atoms with Crippen LogP contribution in [0.2, 0.25) is 0 Å². The molecule has 5 aromatic rings. The fourth-order valence-electron chi connectivity index (χ4n) is 5.44. The molecule has 2 N–H and O–H groups in total. The quantitative estimate of drug-likeness (QED) is 0.147. The van der Waals surface area contributed by atoms with Gasteiger partial charge in [0.25, 0.3) is 5.56 Å². The Morgan fingerprint density at radius 1 is 0.957 bits per heavy atom. The van der Waals surface area contributed by atoms with E-state index in [4.69, 9.17) is 4.74 Å². The molecule has 0 bridgehead atoms. The first kappa shape index (κ1) is 32.2. The molecule has 0 radical (unpaired) electrons. The van der Waals surface area contributed by atoms with Gasteiger partial charge in [0.15, 0.2) is 0 Å². The van der Waals surface area contributed by atoms with Crippen molar-refractivity contribution in [3.8, 4) is 16.9 Å². The van der Waals surface area contributed by atoms with Gasteiger partial charge in [-0.2, -0.15) is 5.10 Å². The van der Waals surface area contributed by atoms with Gasteiger partial charge in [0.05, 0.1) is 6.54 Å². The number of nitrogens with zero attached hydrogens (tertiary/aromatic N) is 5. The van der Waals surface area contributed by atoms with E-state index in [0.29, 0.717) is 42.2 Å². The van der Waals surface area contributed by atoms with E-state index in [1.165, 1.54) is 6.33 Å². The summed E-state index contributed by atoms with van der Waals surface area (Å²) in [5, 5.41) is 10.9. The molecule has 0 atom stereocenters. The number of hydrogen-bond donors (Lipinski definition) is 2. The molecule has 0 saturated heterocycles. The summed E-state index contributed by atoms with van der Waals surface area (Å²) in [5.74, 6) is 0.987. The van der Waals surface area contributed by atoms with Crippen LogP contribution in [0.15, 0.2) is 89.9 Å². The van der Waals surface area contributed by atoms with E-state index >= 15 is 0 Å². The summed E-state index contributed by atoms with van der Waals surface area (Å²) in [6.45, 7) is 13.6. The molecule has 2 amide bonds. The van der Waals surface area contributed by atoms with Crippen molar-refractivity contribution < 1.29 is 9.53 Å². The minimum absolute atomic E-state index is 0.160. The maximum Gasteiger partial charge on any atom is 0.323 e. The van der Waals surface area contributed by atoms with Crippen LogP contribution in [0, 0.1) is 0 Å². The first-order valence-electron chi connectivity index (χ1n) is 15.5. The Kier molecular flexibility index (Phi) is 9.95. The Labute approximate surface area is 269 Å². The maximum atomic E-state index is 14.3. The van der Waals surface area contributed by atoms with E-state index in [2.05, 4.69) is 53.4 Å². The number of pyridine rings is 2. The summed E-state index contributed by atoms with van der Waals surface area (Å²) in [6, 6.07) is 16.8. The Balaban J connectivity index is 1.61. The second-order valence-corrected chi connectivity index (χ2v) is 12.1.